The lowest BCUT2D eigenvalue weighted by Gasteiger charge is -2.15. The topological polar surface area (TPSA) is 72.9 Å². The smallest absolute Gasteiger partial charge is 0.337 e. The summed E-state index contributed by atoms with van der Waals surface area (Å²) < 4.78 is 4.57. The van der Waals surface area contributed by atoms with Crippen molar-refractivity contribution >= 4 is 17.8 Å². The van der Waals surface area contributed by atoms with Gasteiger partial charge in [0.2, 0.25) is 0 Å². The summed E-state index contributed by atoms with van der Waals surface area (Å²) in [6.45, 7) is 3.42. The summed E-state index contributed by atoms with van der Waals surface area (Å²) in [6.07, 6.45) is -0.303. The molecule has 0 fully saturated rings. The van der Waals surface area contributed by atoms with Crippen molar-refractivity contribution in [3.8, 4) is 0 Å². The molecule has 0 aliphatic carbocycles. The molecule has 0 radical (unpaired) electrons. The number of nitrogens with zero attached hydrogens (tertiary/aromatic N) is 1. The maximum absolute atomic E-state index is 12.0. The van der Waals surface area contributed by atoms with Crippen molar-refractivity contribution in [2.75, 3.05) is 7.11 Å². The first-order valence-corrected chi connectivity index (χ1v) is 5.73. The summed E-state index contributed by atoms with van der Waals surface area (Å²) in [5.74, 6) is -1.66. The molecule has 1 heterocycles. The molecule has 19 heavy (non-hydrogen) atoms. The number of imide groups is 1. The van der Waals surface area contributed by atoms with Crippen molar-refractivity contribution in [3.63, 3.8) is 0 Å². The molecule has 1 aliphatic heterocycles. The van der Waals surface area contributed by atoms with Gasteiger partial charge in [0.1, 0.15) is 0 Å². The van der Waals surface area contributed by atoms with Gasteiger partial charge in [-0.15, -0.1) is 5.06 Å². The van der Waals surface area contributed by atoms with Crippen molar-refractivity contribution in [1.82, 2.24) is 5.06 Å². The van der Waals surface area contributed by atoms with E-state index in [1.807, 2.05) is 0 Å². The summed E-state index contributed by atoms with van der Waals surface area (Å²) in [5, 5.41) is 0.719. The van der Waals surface area contributed by atoms with Crippen molar-refractivity contribution in [3.05, 3.63) is 34.9 Å². The number of ether oxygens (including phenoxy) is 1. The average molecular weight is 263 g/mol. The molecular formula is C13H13NO5. The zero-order valence-electron chi connectivity index (χ0n) is 10.8. The third-order valence-electron chi connectivity index (χ3n) is 2.59. The van der Waals surface area contributed by atoms with Gasteiger partial charge in [0.15, 0.2) is 0 Å². The number of hydrogen-bond acceptors (Lipinski definition) is 5. The molecule has 2 rings (SSSR count). The second kappa shape index (κ2) is 4.81. The van der Waals surface area contributed by atoms with Crippen molar-refractivity contribution in [1.29, 1.82) is 0 Å². The Morgan fingerprint density at radius 2 is 1.79 bits per heavy atom. The van der Waals surface area contributed by atoms with E-state index >= 15 is 0 Å². The van der Waals surface area contributed by atoms with Crippen LogP contribution in [0.25, 0.3) is 0 Å². The molecule has 6 heteroatoms. The zero-order valence-corrected chi connectivity index (χ0v) is 10.8. The molecule has 6 nitrogen and oxygen atoms in total. The second-order valence-corrected chi connectivity index (χ2v) is 4.31. The number of hydrogen-bond donors (Lipinski definition) is 0. The second-order valence-electron chi connectivity index (χ2n) is 4.31. The van der Waals surface area contributed by atoms with Gasteiger partial charge in [0.25, 0.3) is 11.8 Å². The van der Waals surface area contributed by atoms with Crippen LogP contribution in [0, 0.1) is 0 Å². The lowest BCUT2D eigenvalue weighted by atomic mass is 10.1. The minimum absolute atomic E-state index is 0.147. The molecule has 0 atom stereocenters. The quantitative estimate of drug-likeness (QED) is 0.609. The van der Waals surface area contributed by atoms with E-state index in [-0.39, 0.29) is 22.8 Å². The number of esters is 1. The van der Waals surface area contributed by atoms with Crippen LogP contribution >= 0.6 is 0 Å². The van der Waals surface area contributed by atoms with E-state index in [2.05, 4.69) is 4.74 Å². The van der Waals surface area contributed by atoms with Crippen LogP contribution < -0.4 is 0 Å². The molecule has 2 amide bonds. The fourth-order valence-electron chi connectivity index (χ4n) is 1.77. The minimum Gasteiger partial charge on any atom is -0.465 e. The maximum atomic E-state index is 12.0. The highest BCUT2D eigenvalue weighted by Gasteiger charge is 2.37. The molecule has 0 unspecified atom stereocenters. The molecule has 0 saturated carbocycles. The molecule has 1 aromatic rings. The number of rotatable bonds is 3. The predicted molar refractivity (Wildman–Crippen MR) is 64.5 cm³/mol. The number of carbonyl (C=O) groups excluding carboxylic acids is 3. The monoisotopic (exact) mass is 263 g/mol. The van der Waals surface area contributed by atoms with Gasteiger partial charge >= 0.3 is 5.97 Å². The van der Waals surface area contributed by atoms with E-state index in [0.29, 0.717) is 0 Å². The highest BCUT2D eigenvalue weighted by molar-refractivity contribution is 6.21. The molecule has 0 aromatic heterocycles. The summed E-state index contributed by atoms with van der Waals surface area (Å²) in [7, 11) is 1.25. The largest absolute Gasteiger partial charge is 0.465 e. The molecule has 1 aliphatic rings. The SMILES string of the molecule is COC(=O)c1ccc2c(c1)C(=O)N(OC(C)C)C2=O. The molecule has 0 bridgehead atoms. The number of amides is 2. The first-order chi connectivity index (χ1) is 8.95. The number of methoxy groups -OCH3 is 1. The van der Waals surface area contributed by atoms with Gasteiger partial charge in [0, 0.05) is 0 Å². The summed E-state index contributed by atoms with van der Waals surface area (Å²) in [4.78, 5) is 40.6. The standard InChI is InChI=1S/C13H13NO5/c1-7(2)19-14-11(15)9-5-4-8(13(17)18-3)6-10(9)12(14)16/h4-7H,1-3H3. The summed E-state index contributed by atoms with van der Waals surface area (Å²) in [6, 6.07) is 4.20. The molecule has 1 aromatic carbocycles. The van der Waals surface area contributed by atoms with Gasteiger partial charge in [-0.2, -0.15) is 0 Å². The molecule has 0 N–H and O–H groups in total. The van der Waals surface area contributed by atoms with Crippen LogP contribution in [0.1, 0.15) is 44.9 Å². The normalized spacial score (nSPS) is 14.0. The fourth-order valence-corrected chi connectivity index (χ4v) is 1.77. The fraction of sp³-hybridized carbons (Fsp3) is 0.308. The highest BCUT2D eigenvalue weighted by atomic mass is 16.7. The minimum atomic E-state index is -0.570. The van der Waals surface area contributed by atoms with Crippen molar-refractivity contribution in [2.45, 2.75) is 20.0 Å². The van der Waals surface area contributed by atoms with Gasteiger partial charge < -0.3 is 4.74 Å². The van der Waals surface area contributed by atoms with Crippen LogP contribution in [-0.4, -0.2) is 36.1 Å². The van der Waals surface area contributed by atoms with E-state index in [0.717, 1.165) is 5.06 Å². The Kier molecular flexibility index (Phi) is 3.35. The molecular weight excluding hydrogens is 250 g/mol. The highest BCUT2D eigenvalue weighted by Crippen LogP contribution is 2.25. The third kappa shape index (κ3) is 2.22. The molecule has 0 saturated heterocycles. The van der Waals surface area contributed by atoms with Gasteiger partial charge in [-0.05, 0) is 32.0 Å². The molecule has 0 spiro atoms. The Morgan fingerprint density at radius 3 is 2.37 bits per heavy atom. The van der Waals surface area contributed by atoms with Gasteiger partial charge in [-0.3, -0.25) is 14.4 Å². The molecule has 100 valence electrons. The Labute approximate surface area is 109 Å². The van der Waals surface area contributed by atoms with E-state index in [1.165, 1.54) is 25.3 Å². The first kappa shape index (κ1) is 13.2. The van der Waals surface area contributed by atoms with Crippen molar-refractivity contribution < 1.29 is 24.0 Å². The van der Waals surface area contributed by atoms with Gasteiger partial charge in [0.05, 0.1) is 29.9 Å². The van der Waals surface area contributed by atoms with Gasteiger partial charge in [-0.1, -0.05) is 0 Å². The Hall–Kier alpha value is -2.21. The number of hydroxylamine groups is 2. The maximum Gasteiger partial charge on any atom is 0.337 e. The van der Waals surface area contributed by atoms with Gasteiger partial charge in [-0.25, -0.2) is 4.79 Å². The third-order valence-corrected chi connectivity index (χ3v) is 2.59. The Bertz CT molecular complexity index is 564. The van der Waals surface area contributed by atoms with Crippen LogP contribution in [-0.2, 0) is 9.57 Å². The average Bonchev–Trinajstić information content (AvgIpc) is 2.62. The Morgan fingerprint density at radius 1 is 1.16 bits per heavy atom. The summed E-state index contributed by atoms with van der Waals surface area (Å²) >= 11 is 0. The first-order valence-electron chi connectivity index (χ1n) is 5.73. The van der Waals surface area contributed by atoms with E-state index < -0.39 is 17.8 Å². The predicted octanol–water partition coefficient (Wildman–Crippen LogP) is 1.41. The Balaban J connectivity index is 2.39. The van der Waals surface area contributed by atoms with Crippen LogP contribution in [0.15, 0.2) is 18.2 Å². The van der Waals surface area contributed by atoms with E-state index in [4.69, 9.17) is 4.84 Å². The number of carbonyl (C=O) groups is 3. The van der Waals surface area contributed by atoms with Crippen LogP contribution in [0.3, 0.4) is 0 Å². The lowest BCUT2D eigenvalue weighted by Crippen LogP contribution is -2.32. The van der Waals surface area contributed by atoms with Crippen LogP contribution in [0.2, 0.25) is 0 Å². The van der Waals surface area contributed by atoms with E-state index in [9.17, 15) is 14.4 Å². The van der Waals surface area contributed by atoms with Crippen LogP contribution in [0.5, 0.6) is 0 Å². The zero-order chi connectivity index (χ0) is 14.2. The summed E-state index contributed by atoms with van der Waals surface area (Å²) in [5.41, 5.74) is 0.584. The van der Waals surface area contributed by atoms with E-state index in [1.54, 1.807) is 13.8 Å². The van der Waals surface area contributed by atoms with Crippen molar-refractivity contribution in [2.24, 2.45) is 0 Å². The number of fused-ring (bicyclic) bond motifs is 1. The van der Waals surface area contributed by atoms with Crippen LogP contribution in [0.4, 0.5) is 0 Å². The number of benzene rings is 1. The lowest BCUT2D eigenvalue weighted by molar-refractivity contribution is -0.120.